The zero-order valence-electron chi connectivity index (χ0n) is 13.0. The van der Waals surface area contributed by atoms with Crippen molar-refractivity contribution in [2.24, 2.45) is 0 Å². The number of benzene rings is 1. The predicted molar refractivity (Wildman–Crippen MR) is 90.9 cm³/mol. The van der Waals surface area contributed by atoms with Gasteiger partial charge in [0.15, 0.2) is 0 Å². The Morgan fingerprint density at radius 1 is 1.10 bits per heavy atom. The topological polar surface area (TPSA) is 29.1 Å². The molecule has 0 aliphatic heterocycles. The van der Waals surface area contributed by atoms with Gasteiger partial charge in [-0.05, 0) is 35.8 Å². The predicted octanol–water partition coefficient (Wildman–Crippen LogP) is 5.44. The number of para-hydroxylation sites is 1. The molecule has 0 saturated heterocycles. The van der Waals surface area contributed by atoms with Crippen molar-refractivity contribution in [2.45, 2.75) is 58.8 Å². The van der Waals surface area contributed by atoms with E-state index in [9.17, 15) is 4.79 Å². The number of rotatable bonds is 7. The Bertz CT molecular complexity index is 414. The second kappa shape index (κ2) is 8.46. The number of halogens is 1. The fourth-order valence-electron chi connectivity index (χ4n) is 2.28. The van der Waals surface area contributed by atoms with Crippen molar-refractivity contribution in [3.05, 3.63) is 29.3 Å². The largest absolute Gasteiger partial charge is 0.326 e. The van der Waals surface area contributed by atoms with Crippen LogP contribution in [0.1, 0.15) is 69.9 Å². The Morgan fingerprint density at radius 3 is 2.10 bits per heavy atom. The second-order valence-electron chi connectivity index (χ2n) is 5.82. The van der Waals surface area contributed by atoms with Crippen LogP contribution in [0.2, 0.25) is 0 Å². The summed E-state index contributed by atoms with van der Waals surface area (Å²) in [5, 5.41) is 4.10. The summed E-state index contributed by atoms with van der Waals surface area (Å²) < 4.78 is 0. The first-order chi connectivity index (χ1) is 9.47. The van der Waals surface area contributed by atoms with Gasteiger partial charge in [-0.3, -0.25) is 4.79 Å². The van der Waals surface area contributed by atoms with Crippen molar-refractivity contribution in [3.63, 3.8) is 0 Å². The highest BCUT2D eigenvalue weighted by Gasteiger charge is 2.15. The Labute approximate surface area is 131 Å². The minimum atomic E-state index is 0.126. The normalized spacial score (nSPS) is 11.2. The molecule has 2 nitrogen and oxygen atoms in total. The van der Waals surface area contributed by atoms with Gasteiger partial charge in [0, 0.05) is 17.4 Å². The lowest BCUT2D eigenvalue weighted by molar-refractivity contribution is -0.116. The van der Waals surface area contributed by atoms with E-state index in [0.29, 0.717) is 18.3 Å². The zero-order valence-corrected chi connectivity index (χ0v) is 14.6. The molecule has 0 bridgehead atoms. The van der Waals surface area contributed by atoms with Crippen molar-refractivity contribution in [1.82, 2.24) is 0 Å². The maximum Gasteiger partial charge on any atom is 0.224 e. The quantitative estimate of drug-likeness (QED) is 0.520. The Morgan fingerprint density at radius 2 is 1.65 bits per heavy atom. The van der Waals surface area contributed by atoms with Crippen LogP contribution in [0.4, 0.5) is 5.69 Å². The fourth-order valence-corrected chi connectivity index (χ4v) is 2.67. The molecule has 0 atom stereocenters. The van der Waals surface area contributed by atoms with Crippen LogP contribution in [0.15, 0.2) is 18.2 Å². The number of hydrogen-bond acceptors (Lipinski definition) is 1. The summed E-state index contributed by atoms with van der Waals surface area (Å²) >= 11 is 3.40. The van der Waals surface area contributed by atoms with Gasteiger partial charge in [-0.1, -0.05) is 61.8 Å². The van der Waals surface area contributed by atoms with E-state index in [-0.39, 0.29) is 5.91 Å². The molecule has 1 N–H and O–H groups in total. The standard InChI is InChI=1S/C17H26BrNO/c1-12(2)14-8-7-9-15(13(3)4)17(14)19-16(20)10-5-6-11-18/h7-9,12-13H,5-6,10-11H2,1-4H3,(H,19,20). The smallest absolute Gasteiger partial charge is 0.224 e. The van der Waals surface area contributed by atoms with Crippen LogP contribution in [0, 0.1) is 0 Å². The summed E-state index contributed by atoms with van der Waals surface area (Å²) in [4.78, 5) is 12.1. The van der Waals surface area contributed by atoms with Crippen LogP contribution >= 0.6 is 15.9 Å². The molecule has 1 aromatic carbocycles. The zero-order chi connectivity index (χ0) is 15.1. The average molecular weight is 340 g/mol. The van der Waals surface area contributed by atoms with Crippen molar-refractivity contribution in [1.29, 1.82) is 0 Å². The summed E-state index contributed by atoms with van der Waals surface area (Å²) in [6.45, 7) is 8.67. The molecule has 0 aliphatic rings. The molecule has 0 aliphatic carbocycles. The lowest BCUT2D eigenvalue weighted by Crippen LogP contribution is -2.15. The monoisotopic (exact) mass is 339 g/mol. The van der Waals surface area contributed by atoms with Gasteiger partial charge in [-0.2, -0.15) is 0 Å². The van der Waals surface area contributed by atoms with E-state index < -0.39 is 0 Å². The van der Waals surface area contributed by atoms with Crippen LogP contribution in [0.25, 0.3) is 0 Å². The first-order valence-electron chi connectivity index (χ1n) is 7.46. The van der Waals surface area contributed by atoms with Crippen molar-refractivity contribution < 1.29 is 4.79 Å². The van der Waals surface area contributed by atoms with Gasteiger partial charge < -0.3 is 5.32 Å². The number of carbonyl (C=O) groups excluding carboxylic acids is 1. The van der Waals surface area contributed by atoms with Crippen molar-refractivity contribution in [2.75, 3.05) is 10.6 Å². The number of carbonyl (C=O) groups is 1. The maximum absolute atomic E-state index is 12.1. The molecular formula is C17H26BrNO. The molecule has 0 unspecified atom stereocenters. The molecule has 3 heteroatoms. The second-order valence-corrected chi connectivity index (χ2v) is 6.61. The minimum absolute atomic E-state index is 0.126. The molecule has 0 aromatic heterocycles. The van der Waals surface area contributed by atoms with Gasteiger partial charge in [0.2, 0.25) is 5.91 Å². The maximum atomic E-state index is 12.1. The van der Waals surface area contributed by atoms with Crippen LogP contribution < -0.4 is 5.32 Å². The molecule has 0 radical (unpaired) electrons. The summed E-state index contributed by atoms with van der Waals surface area (Å²) in [7, 11) is 0. The SMILES string of the molecule is CC(C)c1cccc(C(C)C)c1NC(=O)CCCCBr. The Kier molecular flexibility index (Phi) is 7.28. The lowest BCUT2D eigenvalue weighted by atomic mass is 9.92. The van der Waals surface area contributed by atoms with Gasteiger partial charge in [-0.15, -0.1) is 0 Å². The van der Waals surface area contributed by atoms with E-state index in [1.807, 2.05) is 0 Å². The highest BCUT2D eigenvalue weighted by Crippen LogP contribution is 2.32. The number of amides is 1. The first kappa shape index (κ1) is 17.2. The van der Waals surface area contributed by atoms with Gasteiger partial charge in [-0.25, -0.2) is 0 Å². The van der Waals surface area contributed by atoms with Crippen LogP contribution in [-0.4, -0.2) is 11.2 Å². The molecule has 112 valence electrons. The molecule has 0 heterocycles. The number of unbranched alkanes of at least 4 members (excludes halogenated alkanes) is 1. The third kappa shape index (κ3) is 4.93. The van der Waals surface area contributed by atoms with Crippen LogP contribution in [0.3, 0.4) is 0 Å². The summed E-state index contributed by atoms with van der Waals surface area (Å²) in [5.74, 6) is 0.944. The molecular weight excluding hydrogens is 314 g/mol. The van der Waals surface area contributed by atoms with E-state index in [0.717, 1.165) is 23.9 Å². The number of alkyl halides is 1. The molecule has 1 amide bonds. The number of anilines is 1. The Hall–Kier alpha value is -0.830. The van der Waals surface area contributed by atoms with Gasteiger partial charge in [0.25, 0.3) is 0 Å². The highest BCUT2D eigenvalue weighted by molar-refractivity contribution is 9.09. The molecule has 0 saturated carbocycles. The van der Waals surface area contributed by atoms with E-state index >= 15 is 0 Å². The molecule has 1 aromatic rings. The Balaban J connectivity index is 2.93. The van der Waals surface area contributed by atoms with E-state index in [4.69, 9.17) is 0 Å². The van der Waals surface area contributed by atoms with E-state index in [1.54, 1.807) is 0 Å². The molecule has 0 fully saturated rings. The van der Waals surface area contributed by atoms with Crippen molar-refractivity contribution in [3.8, 4) is 0 Å². The number of hydrogen-bond donors (Lipinski definition) is 1. The summed E-state index contributed by atoms with van der Waals surface area (Å²) in [5.41, 5.74) is 3.48. The molecule has 1 rings (SSSR count). The lowest BCUT2D eigenvalue weighted by Gasteiger charge is -2.20. The average Bonchev–Trinajstić information content (AvgIpc) is 2.38. The highest BCUT2D eigenvalue weighted by atomic mass is 79.9. The van der Waals surface area contributed by atoms with E-state index in [2.05, 4.69) is 67.1 Å². The number of nitrogens with one attached hydrogen (secondary N) is 1. The minimum Gasteiger partial charge on any atom is -0.326 e. The van der Waals surface area contributed by atoms with Crippen molar-refractivity contribution >= 4 is 27.5 Å². The van der Waals surface area contributed by atoms with Crippen LogP contribution in [0.5, 0.6) is 0 Å². The summed E-state index contributed by atoms with van der Waals surface area (Å²) in [6, 6.07) is 6.32. The van der Waals surface area contributed by atoms with Gasteiger partial charge in [0.1, 0.15) is 0 Å². The van der Waals surface area contributed by atoms with E-state index in [1.165, 1.54) is 11.1 Å². The first-order valence-corrected chi connectivity index (χ1v) is 8.58. The summed E-state index contributed by atoms with van der Waals surface area (Å²) in [6.07, 6.45) is 2.56. The van der Waals surface area contributed by atoms with Gasteiger partial charge in [0.05, 0.1) is 0 Å². The van der Waals surface area contributed by atoms with Crippen LogP contribution in [-0.2, 0) is 4.79 Å². The van der Waals surface area contributed by atoms with Gasteiger partial charge >= 0.3 is 0 Å². The molecule has 20 heavy (non-hydrogen) atoms. The molecule has 0 spiro atoms. The fraction of sp³-hybridized carbons (Fsp3) is 0.588. The third-order valence-corrected chi connectivity index (χ3v) is 3.99. The third-order valence-electron chi connectivity index (χ3n) is 3.42.